The van der Waals surface area contributed by atoms with Crippen molar-refractivity contribution in [3.63, 3.8) is 0 Å². The van der Waals surface area contributed by atoms with Crippen molar-refractivity contribution in [2.45, 2.75) is 33.6 Å². The molecule has 3 N–H and O–H groups in total. The highest BCUT2D eigenvalue weighted by molar-refractivity contribution is 5.76. The van der Waals surface area contributed by atoms with Crippen molar-refractivity contribution in [1.29, 1.82) is 0 Å². The van der Waals surface area contributed by atoms with E-state index in [-0.39, 0.29) is 5.91 Å². The van der Waals surface area contributed by atoms with Crippen molar-refractivity contribution in [3.05, 3.63) is 0 Å². The summed E-state index contributed by atoms with van der Waals surface area (Å²) in [5.74, 6) is 0.965. The highest BCUT2D eigenvalue weighted by Gasteiger charge is 2.13. The van der Waals surface area contributed by atoms with E-state index in [1.165, 1.54) is 0 Å². The van der Waals surface area contributed by atoms with Crippen LogP contribution in [0.2, 0.25) is 0 Å². The summed E-state index contributed by atoms with van der Waals surface area (Å²) < 4.78 is 5.14. The Balaban J connectivity index is 3.66. The summed E-state index contributed by atoms with van der Waals surface area (Å²) in [6.45, 7) is 8.68. The second-order valence-corrected chi connectivity index (χ2v) is 4.48. The maximum Gasteiger partial charge on any atom is 0.220 e. The molecule has 0 spiro atoms. The minimum atomic E-state index is 0.0794. The zero-order valence-corrected chi connectivity index (χ0v) is 10.8. The molecule has 0 aliphatic carbocycles. The van der Waals surface area contributed by atoms with Crippen LogP contribution in [0, 0.1) is 11.8 Å². The predicted octanol–water partition coefficient (Wildman–Crippen LogP) is 1.15. The van der Waals surface area contributed by atoms with Gasteiger partial charge in [-0.3, -0.25) is 4.79 Å². The Bertz CT molecular complexity index is 184. The molecule has 1 atom stereocenters. The number of nitrogens with one attached hydrogen (secondary N) is 1. The number of rotatable bonds is 9. The molecule has 1 amide bonds. The standard InChI is InChI=1S/C12H26N2O2/c1-4-16-6-5-14-12(15)8-11(9-13)7-10(2)3/h10-11H,4-9,13H2,1-3H3,(H,14,15)/t11-/m0/s1. The summed E-state index contributed by atoms with van der Waals surface area (Å²) in [6.07, 6.45) is 1.54. The van der Waals surface area contributed by atoms with Gasteiger partial charge in [-0.05, 0) is 31.7 Å². The maximum absolute atomic E-state index is 11.5. The van der Waals surface area contributed by atoms with E-state index < -0.39 is 0 Å². The van der Waals surface area contributed by atoms with E-state index in [1.54, 1.807) is 0 Å². The summed E-state index contributed by atoms with van der Waals surface area (Å²) in [6, 6.07) is 0. The van der Waals surface area contributed by atoms with Crippen molar-refractivity contribution in [3.8, 4) is 0 Å². The lowest BCUT2D eigenvalue weighted by Crippen LogP contribution is -2.31. The van der Waals surface area contributed by atoms with Gasteiger partial charge in [0.15, 0.2) is 0 Å². The molecule has 0 aromatic rings. The summed E-state index contributed by atoms with van der Waals surface area (Å²) in [5.41, 5.74) is 5.64. The second-order valence-electron chi connectivity index (χ2n) is 4.48. The molecular formula is C12H26N2O2. The molecule has 0 fully saturated rings. The summed E-state index contributed by atoms with van der Waals surface area (Å²) >= 11 is 0. The van der Waals surface area contributed by atoms with E-state index in [0.29, 0.717) is 44.6 Å². The average Bonchev–Trinajstić information content (AvgIpc) is 2.23. The fourth-order valence-electron chi connectivity index (χ4n) is 1.67. The van der Waals surface area contributed by atoms with Crippen LogP contribution in [0.4, 0.5) is 0 Å². The lowest BCUT2D eigenvalue weighted by Gasteiger charge is -2.16. The molecule has 0 unspecified atom stereocenters. The number of hydrogen-bond donors (Lipinski definition) is 2. The molecule has 16 heavy (non-hydrogen) atoms. The molecule has 0 saturated carbocycles. The van der Waals surface area contributed by atoms with Crippen LogP contribution in [0.3, 0.4) is 0 Å². The SMILES string of the molecule is CCOCCNC(=O)C[C@@H](CN)CC(C)C. The zero-order valence-electron chi connectivity index (χ0n) is 10.8. The summed E-state index contributed by atoms with van der Waals surface area (Å²) in [5, 5.41) is 2.84. The van der Waals surface area contributed by atoms with Crippen LogP contribution < -0.4 is 11.1 Å². The van der Waals surface area contributed by atoms with Crippen LogP contribution in [0.25, 0.3) is 0 Å². The van der Waals surface area contributed by atoms with Gasteiger partial charge in [0.1, 0.15) is 0 Å². The van der Waals surface area contributed by atoms with Gasteiger partial charge in [0.2, 0.25) is 5.91 Å². The average molecular weight is 230 g/mol. The van der Waals surface area contributed by atoms with Crippen LogP contribution in [-0.2, 0) is 9.53 Å². The molecule has 0 saturated heterocycles. The van der Waals surface area contributed by atoms with E-state index in [2.05, 4.69) is 19.2 Å². The molecular weight excluding hydrogens is 204 g/mol. The molecule has 4 nitrogen and oxygen atoms in total. The first-order valence-electron chi connectivity index (χ1n) is 6.14. The van der Waals surface area contributed by atoms with E-state index >= 15 is 0 Å². The van der Waals surface area contributed by atoms with Gasteiger partial charge in [-0.25, -0.2) is 0 Å². The van der Waals surface area contributed by atoms with Gasteiger partial charge in [-0.2, -0.15) is 0 Å². The van der Waals surface area contributed by atoms with Gasteiger partial charge in [-0.1, -0.05) is 13.8 Å². The molecule has 0 aromatic heterocycles. The van der Waals surface area contributed by atoms with Gasteiger partial charge < -0.3 is 15.8 Å². The van der Waals surface area contributed by atoms with Crippen LogP contribution in [0.1, 0.15) is 33.6 Å². The topological polar surface area (TPSA) is 64.3 Å². The third kappa shape index (κ3) is 8.68. The fraction of sp³-hybridized carbons (Fsp3) is 0.917. The first-order valence-corrected chi connectivity index (χ1v) is 6.14. The van der Waals surface area contributed by atoms with Crippen LogP contribution in [-0.4, -0.2) is 32.2 Å². The zero-order chi connectivity index (χ0) is 12.4. The van der Waals surface area contributed by atoms with Gasteiger partial charge >= 0.3 is 0 Å². The first kappa shape index (κ1) is 15.4. The molecule has 0 aliphatic heterocycles. The first-order chi connectivity index (χ1) is 7.60. The molecule has 0 rings (SSSR count). The third-order valence-corrected chi connectivity index (χ3v) is 2.38. The fourth-order valence-corrected chi connectivity index (χ4v) is 1.67. The van der Waals surface area contributed by atoms with Crippen molar-refractivity contribution in [1.82, 2.24) is 5.32 Å². The van der Waals surface area contributed by atoms with Crippen molar-refractivity contribution < 1.29 is 9.53 Å². The highest BCUT2D eigenvalue weighted by atomic mass is 16.5. The second kappa shape index (κ2) is 9.60. The minimum Gasteiger partial charge on any atom is -0.380 e. The van der Waals surface area contributed by atoms with E-state index in [1.807, 2.05) is 6.92 Å². The van der Waals surface area contributed by atoms with Gasteiger partial charge in [-0.15, -0.1) is 0 Å². The summed E-state index contributed by atoms with van der Waals surface area (Å²) in [4.78, 5) is 11.5. The summed E-state index contributed by atoms with van der Waals surface area (Å²) in [7, 11) is 0. The molecule has 0 radical (unpaired) electrons. The quantitative estimate of drug-likeness (QED) is 0.584. The van der Waals surface area contributed by atoms with Gasteiger partial charge in [0.25, 0.3) is 0 Å². The number of carbonyl (C=O) groups excluding carboxylic acids is 1. The molecule has 0 aromatic carbocycles. The van der Waals surface area contributed by atoms with Crippen molar-refractivity contribution in [2.24, 2.45) is 17.6 Å². The van der Waals surface area contributed by atoms with E-state index in [0.717, 1.165) is 6.42 Å². The molecule has 96 valence electrons. The van der Waals surface area contributed by atoms with Crippen LogP contribution in [0.5, 0.6) is 0 Å². The Hall–Kier alpha value is -0.610. The number of amides is 1. The van der Waals surface area contributed by atoms with Crippen molar-refractivity contribution >= 4 is 5.91 Å². The van der Waals surface area contributed by atoms with E-state index in [9.17, 15) is 4.79 Å². The molecule has 0 bridgehead atoms. The highest BCUT2D eigenvalue weighted by Crippen LogP contribution is 2.13. The molecule has 0 aliphatic rings. The van der Waals surface area contributed by atoms with Crippen LogP contribution in [0.15, 0.2) is 0 Å². The van der Waals surface area contributed by atoms with Gasteiger partial charge in [0, 0.05) is 19.6 Å². The lowest BCUT2D eigenvalue weighted by molar-refractivity contribution is -0.122. The Morgan fingerprint density at radius 3 is 2.62 bits per heavy atom. The lowest BCUT2D eigenvalue weighted by atomic mass is 9.94. The minimum absolute atomic E-state index is 0.0794. The molecule has 0 heterocycles. The Labute approximate surface area is 98.9 Å². The number of ether oxygens (including phenoxy) is 1. The Kier molecular flexibility index (Phi) is 9.24. The maximum atomic E-state index is 11.5. The largest absolute Gasteiger partial charge is 0.380 e. The van der Waals surface area contributed by atoms with Crippen LogP contribution >= 0.6 is 0 Å². The Morgan fingerprint density at radius 1 is 1.44 bits per heavy atom. The third-order valence-electron chi connectivity index (χ3n) is 2.38. The predicted molar refractivity (Wildman–Crippen MR) is 66.1 cm³/mol. The normalized spacial score (nSPS) is 12.8. The number of carbonyl (C=O) groups is 1. The van der Waals surface area contributed by atoms with E-state index in [4.69, 9.17) is 10.5 Å². The van der Waals surface area contributed by atoms with Crippen molar-refractivity contribution in [2.75, 3.05) is 26.3 Å². The van der Waals surface area contributed by atoms with Gasteiger partial charge in [0.05, 0.1) is 6.61 Å². The Morgan fingerprint density at radius 2 is 2.12 bits per heavy atom. The number of nitrogens with two attached hydrogens (primary N) is 1. The molecule has 4 heteroatoms. The smallest absolute Gasteiger partial charge is 0.220 e. The number of hydrogen-bond acceptors (Lipinski definition) is 3. The monoisotopic (exact) mass is 230 g/mol.